The van der Waals surface area contributed by atoms with Crippen LogP contribution in [0, 0.1) is 3.70 Å². The van der Waals surface area contributed by atoms with E-state index in [-0.39, 0.29) is 6.54 Å². The summed E-state index contributed by atoms with van der Waals surface area (Å²) in [6.45, 7) is -0.316. The Morgan fingerprint density at radius 1 is 1.54 bits per heavy atom. The molecule has 0 spiro atoms. The first-order valence-corrected chi connectivity index (χ1v) is 4.45. The van der Waals surface area contributed by atoms with E-state index in [9.17, 15) is 13.2 Å². The Labute approximate surface area is 86.0 Å². The van der Waals surface area contributed by atoms with E-state index in [4.69, 9.17) is 0 Å². The molecule has 0 aliphatic carbocycles. The molecule has 7 heteroatoms. The van der Waals surface area contributed by atoms with Gasteiger partial charge in [-0.25, -0.2) is 0 Å². The van der Waals surface area contributed by atoms with Gasteiger partial charge in [-0.1, -0.05) is 0 Å². The van der Waals surface area contributed by atoms with Crippen molar-refractivity contribution in [1.82, 2.24) is 9.78 Å². The highest BCUT2D eigenvalue weighted by molar-refractivity contribution is 14.1. The van der Waals surface area contributed by atoms with Gasteiger partial charge >= 0.3 is 6.36 Å². The lowest BCUT2D eigenvalue weighted by molar-refractivity contribution is -0.325. The average molecular weight is 306 g/mol. The lowest BCUT2D eigenvalue weighted by atomic mass is 10.7. The number of hydrogen-bond acceptors (Lipinski definition) is 2. The predicted molar refractivity (Wildman–Crippen MR) is 47.0 cm³/mol. The van der Waals surface area contributed by atoms with Crippen LogP contribution in [0.2, 0.25) is 0 Å². The van der Waals surface area contributed by atoms with Crippen LogP contribution in [-0.2, 0) is 11.3 Å². The Balaban J connectivity index is 2.28. The molecule has 0 atom stereocenters. The van der Waals surface area contributed by atoms with Crippen LogP contribution < -0.4 is 0 Å². The minimum atomic E-state index is -4.56. The van der Waals surface area contributed by atoms with Crippen LogP contribution >= 0.6 is 22.6 Å². The quantitative estimate of drug-likeness (QED) is 0.799. The molecule has 3 nitrogen and oxygen atoms in total. The van der Waals surface area contributed by atoms with Crippen LogP contribution in [0.15, 0.2) is 12.3 Å². The minimum absolute atomic E-state index is 0.0997. The molecule has 0 N–H and O–H groups in total. The number of rotatable bonds is 3. The molecule has 1 heterocycles. The summed E-state index contributed by atoms with van der Waals surface area (Å²) in [5, 5.41) is 3.89. The van der Waals surface area contributed by atoms with Gasteiger partial charge in [-0.15, -0.1) is 13.2 Å². The van der Waals surface area contributed by atoms with Crippen molar-refractivity contribution < 1.29 is 17.9 Å². The van der Waals surface area contributed by atoms with Crippen LogP contribution in [0.5, 0.6) is 0 Å². The van der Waals surface area contributed by atoms with Crippen LogP contribution in [0.1, 0.15) is 0 Å². The molecule has 0 saturated heterocycles. The highest BCUT2D eigenvalue weighted by atomic mass is 127. The summed E-state index contributed by atoms with van der Waals surface area (Å²) in [6.07, 6.45) is -2.96. The van der Waals surface area contributed by atoms with E-state index in [0.717, 1.165) is 3.70 Å². The number of ether oxygens (including phenoxy) is 1. The fourth-order valence-electron chi connectivity index (χ4n) is 0.716. The molecule has 0 bridgehead atoms. The molecule has 0 radical (unpaired) electrons. The second-order valence-electron chi connectivity index (χ2n) is 2.20. The monoisotopic (exact) mass is 306 g/mol. The third-order valence-electron chi connectivity index (χ3n) is 1.19. The van der Waals surface area contributed by atoms with Crippen LogP contribution in [0.25, 0.3) is 0 Å². The van der Waals surface area contributed by atoms with Crippen molar-refractivity contribution in [2.24, 2.45) is 0 Å². The summed E-state index contributed by atoms with van der Waals surface area (Å²) in [5.74, 6) is 0. The molecule has 0 aliphatic rings. The van der Waals surface area contributed by atoms with Crippen molar-refractivity contribution in [1.29, 1.82) is 0 Å². The van der Waals surface area contributed by atoms with Crippen molar-refractivity contribution >= 4 is 22.6 Å². The van der Waals surface area contributed by atoms with Crippen molar-refractivity contribution in [3.05, 3.63) is 16.0 Å². The molecule has 74 valence electrons. The fraction of sp³-hybridized carbons (Fsp3) is 0.500. The average Bonchev–Trinajstić information content (AvgIpc) is 2.33. The van der Waals surface area contributed by atoms with Gasteiger partial charge in [0.2, 0.25) is 0 Å². The zero-order valence-corrected chi connectivity index (χ0v) is 8.54. The van der Waals surface area contributed by atoms with Gasteiger partial charge < -0.3 is 0 Å². The summed E-state index contributed by atoms with van der Waals surface area (Å²) in [5.41, 5.74) is 0. The topological polar surface area (TPSA) is 27.1 Å². The molecule has 0 saturated carbocycles. The number of halogens is 4. The van der Waals surface area contributed by atoms with Crippen molar-refractivity contribution in [3.8, 4) is 0 Å². The van der Waals surface area contributed by atoms with E-state index in [0.29, 0.717) is 0 Å². The molecule has 0 amide bonds. The highest BCUT2D eigenvalue weighted by Crippen LogP contribution is 2.15. The first-order chi connectivity index (χ1) is 5.97. The molecule has 13 heavy (non-hydrogen) atoms. The van der Waals surface area contributed by atoms with E-state index < -0.39 is 13.0 Å². The fourth-order valence-corrected chi connectivity index (χ4v) is 1.15. The summed E-state index contributed by atoms with van der Waals surface area (Å²) in [6, 6.07) is 1.70. The molecule has 0 unspecified atom stereocenters. The van der Waals surface area contributed by atoms with E-state index in [1.807, 2.05) is 22.6 Å². The molecule has 1 rings (SSSR count). The van der Waals surface area contributed by atoms with E-state index in [1.165, 1.54) is 4.68 Å². The summed E-state index contributed by atoms with van der Waals surface area (Å²) in [4.78, 5) is 0. The molecular formula is C6H6F3IN2O. The first-order valence-electron chi connectivity index (χ1n) is 3.37. The SMILES string of the molecule is FC(F)(F)OCCn1ccc(I)n1. The highest BCUT2D eigenvalue weighted by Gasteiger charge is 2.28. The Kier molecular flexibility index (Phi) is 3.54. The van der Waals surface area contributed by atoms with Crippen LogP contribution in [-0.4, -0.2) is 22.7 Å². The summed E-state index contributed by atoms with van der Waals surface area (Å²) >= 11 is 1.97. The Bertz CT molecular complexity index is 273. The number of nitrogens with zero attached hydrogens (tertiary/aromatic N) is 2. The molecule has 1 aromatic heterocycles. The maximum absolute atomic E-state index is 11.5. The maximum Gasteiger partial charge on any atom is 0.522 e. The lowest BCUT2D eigenvalue weighted by Crippen LogP contribution is -2.17. The van der Waals surface area contributed by atoms with Gasteiger partial charge in [0.05, 0.1) is 13.2 Å². The zero-order valence-electron chi connectivity index (χ0n) is 6.38. The second kappa shape index (κ2) is 4.27. The van der Waals surface area contributed by atoms with Crippen molar-refractivity contribution in [2.45, 2.75) is 12.9 Å². The van der Waals surface area contributed by atoms with Gasteiger partial charge in [-0.3, -0.25) is 9.42 Å². The predicted octanol–water partition coefficient (Wildman–Crippen LogP) is 2.02. The van der Waals surface area contributed by atoms with Gasteiger partial charge in [-0.05, 0) is 28.7 Å². The summed E-state index contributed by atoms with van der Waals surface area (Å²) in [7, 11) is 0. The van der Waals surface area contributed by atoms with Crippen LogP contribution in [0.3, 0.4) is 0 Å². The largest absolute Gasteiger partial charge is 0.522 e. The van der Waals surface area contributed by atoms with E-state index in [1.54, 1.807) is 12.3 Å². The third-order valence-corrected chi connectivity index (χ3v) is 1.77. The number of aromatic nitrogens is 2. The Morgan fingerprint density at radius 3 is 2.69 bits per heavy atom. The molecule has 1 aromatic rings. The van der Waals surface area contributed by atoms with Crippen molar-refractivity contribution in [3.63, 3.8) is 0 Å². The zero-order chi connectivity index (χ0) is 9.90. The standard InChI is InChI=1S/C6H6F3IN2O/c7-6(8,9)13-4-3-12-2-1-5(10)11-12/h1-2H,3-4H2. The van der Waals surface area contributed by atoms with Crippen molar-refractivity contribution in [2.75, 3.05) is 6.61 Å². The second-order valence-corrected chi connectivity index (χ2v) is 3.30. The molecule has 0 fully saturated rings. The Morgan fingerprint density at radius 2 is 2.23 bits per heavy atom. The number of hydrogen-bond donors (Lipinski definition) is 0. The van der Waals surface area contributed by atoms with Gasteiger partial charge in [-0.2, -0.15) is 5.10 Å². The molecule has 0 aliphatic heterocycles. The molecule has 0 aromatic carbocycles. The molecular weight excluding hydrogens is 300 g/mol. The smallest absolute Gasteiger partial charge is 0.290 e. The van der Waals surface area contributed by atoms with Gasteiger partial charge in [0.15, 0.2) is 0 Å². The third kappa shape index (κ3) is 4.46. The van der Waals surface area contributed by atoms with Crippen LogP contribution in [0.4, 0.5) is 13.2 Å². The lowest BCUT2D eigenvalue weighted by Gasteiger charge is -2.06. The first kappa shape index (κ1) is 10.8. The summed E-state index contributed by atoms with van der Waals surface area (Å²) < 4.78 is 40.2. The van der Waals surface area contributed by atoms with E-state index >= 15 is 0 Å². The normalized spacial score (nSPS) is 12.0. The maximum atomic E-state index is 11.5. The minimum Gasteiger partial charge on any atom is -0.290 e. The van der Waals surface area contributed by atoms with E-state index in [2.05, 4.69) is 9.84 Å². The number of alkyl halides is 3. The van der Waals surface area contributed by atoms with Gasteiger partial charge in [0.25, 0.3) is 0 Å². The van der Waals surface area contributed by atoms with Gasteiger partial charge in [0.1, 0.15) is 3.70 Å². The van der Waals surface area contributed by atoms with Gasteiger partial charge in [0, 0.05) is 6.20 Å². The Hall–Kier alpha value is -0.310.